The standard InChI is InChI=1S/C18H20N4O4S/c1-12(23)20-14-3-2-4-15(9-14)22-18(24)13-5-6-17(19-10-13)21-16-7-8-27(25,26)11-16/h2-6,9-10,16H,7-8,11H2,1H3,(H,19,21)(H,20,23)(H,22,24). The number of aromatic nitrogens is 1. The van der Waals surface area contributed by atoms with Crippen molar-refractivity contribution >= 4 is 38.8 Å². The van der Waals surface area contributed by atoms with Gasteiger partial charge in [-0.15, -0.1) is 0 Å². The predicted octanol–water partition coefficient (Wildman–Crippen LogP) is 1.89. The number of carbonyl (C=O) groups is 2. The number of benzene rings is 1. The normalized spacial score (nSPS) is 17.9. The van der Waals surface area contributed by atoms with E-state index >= 15 is 0 Å². The molecule has 1 aliphatic heterocycles. The minimum Gasteiger partial charge on any atom is -0.366 e. The number of sulfone groups is 1. The minimum absolute atomic E-state index is 0.0988. The highest BCUT2D eigenvalue weighted by Gasteiger charge is 2.27. The second-order valence-electron chi connectivity index (χ2n) is 6.39. The first kappa shape index (κ1) is 18.8. The van der Waals surface area contributed by atoms with Crippen LogP contribution >= 0.6 is 0 Å². The van der Waals surface area contributed by atoms with Crippen molar-refractivity contribution in [2.45, 2.75) is 19.4 Å². The lowest BCUT2D eigenvalue weighted by Crippen LogP contribution is -2.21. The topological polar surface area (TPSA) is 117 Å². The zero-order valence-corrected chi connectivity index (χ0v) is 15.5. The van der Waals surface area contributed by atoms with Gasteiger partial charge in [-0.3, -0.25) is 9.59 Å². The largest absolute Gasteiger partial charge is 0.366 e. The molecule has 0 aliphatic carbocycles. The Hall–Kier alpha value is -2.94. The fraction of sp³-hybridized carbons (Fsp3) is 0.278. The van der Waals surface area contributed by atoms with Gasteiger partial charge in [0.25, 0.3) is 5.91 Å². The molecular weight excluding hydrogens is 368 g/mol. The summed E-state index contributed by atoms with van der Waals surface area (Å²) in [7, 11) is -2.96. The van der Waals surface area contributed by atoms with Gasteiger partial charge in [0.15, 0.2) is 9.84 Å². The van der Waals surface area contributed by atoms with Crippen LogP contribution in [0.15, 0.2) is 42.6 Å². The molecular formula is C18H20N4O4S. The van der Waals surface area contributed by atoms with Gasteiger partial charge in [0.1, 0.15) is 5.82 Å². The lowest BCUT2D eigenvalue weighted by atomic mass is 10.2. The first-order valence-electron chi connectivity index (χ1n) is 8.43. The van der Waals surface area contributed by atoms with Crippen LogP contribution in [-0.4, -0.2) is 42.8 Å². The molecule has 1 atom stereocenters. The van der Waals surface area contributed by atoms with Gasteiger partial charge >= 0.3 is 0 Å². The first-order chi connectivity index (χ1) is 12.8. The molecule has 0 saturated carbocycles. The van der Waals surface area contributed by atoms with Gasteiger partial charge in [-0.2, -0.15) is 0 Å². The van der Waals surface area contributed by atoms with E-state index in [1.54, 1.807) is 36.4 Å². The average Bonchev–Trinajstić information content (AvgIpc) is 2.93. The van der Waals surface area contributed by atoms with Crippen molar-refractivity contribution in [2.24, 2.45) is 0 Å². The van der Waals surface area contributed by atoms with Crippen LogP contribution in [0.2, 0.25) is 0 Å². The molecule has 1 aromatic carbocycles. The Balaban J connectivity index is 1.61. The lowest BCUT2D eigenvalue weighted by Gasteiger charge is -2.12. The minimum atomic E-state index is -2.96. The van der Waals surface area contributed by atoms with Crippen LogP contribution in [0, 0.1) is 0 Å². The van der Waals surface area contributed by atoms with Gasteiger partial charge in [-0.25, -0.2) is 13.4 Å². The second-order valence-corrected chi connectivity index (χ2v) is 8.62. The molecule has 0 spiro atoms. The molecule has 0 bridgehead atoms. The quantitative estimate of drug-likeness (QED) is 0.720. The fourth-order valence-electron chi connectivity index (χ4n) is 2.81. The number of carbonyl (C=O) groups excluding carboxylic acids is 2. The predicted molar refractivity (Wildman–Crippen MR) is 104 cm³/mol. The third-order valence-corrected chi connectivity index (χ3v) is 5.82. The number of anilines is 3. The molecule has 2 amide bonds. The Morgan fingerprint density at radius 3 is 2.44 bits per heavy atom. The van der Waals surface area contributed by atoms with Gasteiger partial charge in [0.05, 0.1) is 17.1 Å². The number of nitrogens with zero attached hydrogens (tertiary/aromatic N) is 1. The summed E-state index contributed by atoms with van der Waals surface area (Å²) < 4.78 is 23.0. The summed E-state index contributed by atoms with van der Waals surface area (Å²) in [6.07, 6.45) is 1.98. The number of hydrogen-bond acceptors (Lipinski definition) is 6. The Morgan fingerprint density at radius 1 is 1.11 bits per heavy atom. The molecule has 1 aromatic heterocycles. The van der Waals surface area contributed by atoms with Crippen molar-refractivity contribution in [1.29, 1.82) is 0 Å². The van der Waals surface area contributed by atoms with E-state index in [0.29, 0.717) is 29.2 Å². The molecule has 8 nitrogen and oxygen atoms in total. The van der Waals surface area contributed by atoms with Crippen molar-refractivity contribution < 1.29 is 18.0 Å². The number of nitrogens with one attached hydrogen (secondary N) is 3. The van der Waals surface area contributed by atoms with E-state index in [1.807, 2.05) is 0 Å². The van der Waals surface area contributed by atoms with E-state index in [2.05, 4.69) is 20.9 Å². The molecule has 1 aliphatic rings. The smallest absolute Gasteiger partial charge is 0.257 e. The SMILES string of the molecule is CC(=O)Nc1cccc(NC(=O)c2ccc(NC3CCS(=O)(=O)C3)nc2)c1. The number of rotatable bonds is 5. The van der Waals surface area contributed by atoms with Gasteiger partial charge in [-0.05, 0) is 36.8 Å². The van der Waals surface area contributed by atoms with Crippen LogP contribution in [0.4, 0.5) is 17.2 Å². The average molecular weight is 388 g/mol. The van der Waals surface area contributed by atoms with Gasteiger partial charge in [-0.1, -0.05) is 6.07 Å². The fourth-order valence-corrected chi connectivity index (χ4v) is 4.49. The summed E-state index contributed by atoms with van der Waals surface area (Å²) in [6.45, 7) is 1.41. The summed E-state index contributed by atoms with van der Waals surface area (Å²) in [4.78, 5) is 27.6. The van der Waals surface area contributed by atoms with Gasteiger partial charge in [0, 0.05) is 30.5 Å². The Labute approximate surface area is 157 Å². The van der Waals surface area contributed by atoms with E-state index in [0.717, 1.165) is 0 Å². The van der Waals surface area contributed by atoms with Crippen molar-refractivity contribution in [3.05, 3.63) is 48.2 Å². The Kier molecular flexibility index (Phi) is 5.41. The van der Waals surface area contributed by atoms with Crippen LogP contribution in [0.25, 0.3) is 0 Å². The highest BCUT2D eigenvalue weighted by atomic mass is 32.2. The van der Waals surface area contributed by atoms with Crippen molar-refractivity contribution in [1.82, 2.24) is 4.98 Å². The summed E-state index contributed by atoms with van der Waals surface area (Å²) in [5.41, 5.74) is 1.50. The molecule has 2 aromatic rings. The van der Waals surface area contributed by atoms with Crippen LogP contribution < -0.4 is 16.0 Å². The van der Waals surface area contributed by atoms with E-state index < -0.39 is 9.84 Å². The molecule has 2 heterocycles. The summed E-state index contributed by atoms with van der Waals surface area (Å²) in [5, 5.41) is 8.47. The Morgan fingerprint density at radius 2 is 1.85 bits per heavy atom. The molecule has 142 valence electrons. The zero-order chi connectivity index (χ0) is 19.4. The van der Waals surface area contributed by atoms with E-state index in [4.69, 9.17) is 0 Å². The van der Waals surface area contributed by atoms with E-state index in [-0.39, 0.29) is 29.4 Å². The zero-order valence-electron chi connectivity index (χ0n) is 14.7. The van der Waals surface area contributed by atoms with E-state index in [9.17, 15) is 18.0 Å². The van der Waals surface area contributed by atoms with Crippen LogP contribution in [0.3, 0.4) is 0 Å². The molecule has 27 heavy (non-hydrogen) atoms. The number of hydrogen-bond donors (Lipinski definition) is 3. The number of amides is 2. The van der Waals surface area contributed by atoms with Gasteiger partial charge < -0.3 is 16.0 Å². The monoisotopic (exact) mass is 388 g/mol. The van der Waals surface area contributed by atoms with Crippen molar-refractivity contribution in [3.63, 3.8) is 0 Å². The Bertz CT molecular complexity index is 958. The van der Waals surface area contributed by atoms with Crippen LogP contribution in [0.1, 0.15) is 23.7 Å². The van der Waals surface area contributed by atoms with Crippen LogP contribution in [-0.2, 0) is 14.6 Å². The summed E-state index contributed by atoms with van der Waals surface area (Å²) >= 11 is 0. The molecule has 3 rings (SSSR count). The highest BCUT2D eigenvalue weighted by Crippen LogP contribution is 2.18. The maximum Gasteiger partial charge on any atom is 0.257 e. The maximum absolute atomic E-state index is 12.4. The van der Waals surface area contributed by atoms with Gasteiger partial charge in [0.2, 0.25) is 5.91 Å². The third-order valence-electron chi connectivity index (χ3n) is 4.05. The molecule has 0 radical (unpaired) electrons. The van der Waals surface area contributed by atoms with Crippen molar-refractivity contribution in [2.75, 3.05) is 27.5 Å². The second kappa shape index (κ2) is 7.75. The maximum atomic E-state index is 12.4. The van der Waals surface area contributed by atoms with Crippen LogP contribution in [0.5, 0.6) is 0 Å². The summed E-state index contributed by atoms with van der Waals surface area (Å²) in [6, 6.07) is 9.93. The molecule has 1 saturated heterocycles. The van der Waals surface area contributed by atoms with E-state index in [1.165, 1.54) is 13.1 Å². The summed E-state index contributed by atoms with van der Waals surface area (Å²) in [5.74, 6) is 0.282. The lowest BCUT2D eigenvalue weighted by molar-refractivity contribution is -0.114. The molecule has 1 unspecified atom stereocenters. The molecule has 1 fully saturated rings. The molecule has 3 N–H and O–H groups in total. The third kappa shape index (κ3) is 5.27. The first-order valence-corrected chi connectivity index (χ1v) is 10.2. The molecule has 9 heteroatoms. The highest BCUT2D eigenvalue weighted by molar-refractivity contribution is 7.91. The van der Waals surface area contributed by atoms with Crippen molar-refractivity contribution in [3.8, 4) is 0 Å². The number of pyridine rings is 1.